The summed E-state index contributed by atoms with van der Waals surface area (Å²) in [4.78, 5) is 31.3. The molecule has 2 heterocycles. The van der Waals surface area contributed by atoms with Gasteiger partial charge in [0.05, 0.1) is 14.1 Å². The van der Waals surface area contributed by atoms with Crippen molar-refractivity contribution in [1.82, 2.24) is 14.3 Å². The summed E-state index contributed by atoms with van der Waals surface area (Å²) >= 11 is 1.15. The number of carbonyl (C=O) groups is 1. The van der Waals surface area contributed by atoms with Crippen LogP contribution in [-0.4, -0.2) is 23.9 Å². The molecule has 206 valence electrons. The molecule has 1 atom stereocenters. The number of carbonyl (C=O) groups excluding carboxylic acids is 1. The van der Waals surface area contributed by atoms with Crippen LogP contribution in [0.3, 0.4) is 0 Å². The molecule has 9 heteroatoms. The molecule has 3 aromatic carbocycles. The standard InChI is InChI=1S/C32H27N3O4S2/c1-22-10-16-28(17-11-22)41(38,39)34-31(36)29(19-24-7-4-3-5-8-24)35-23(2)40-30(32(35)37)20-25-12-14-26(15-13-25)27-9-6-18-33-21-27/h3-18,20-21,29H,2,19H2,1H3,(H,34,36)/b30-20-/t29-/m0/s1. The number of aromatic nitrogens is 2. The van der Waals surface area contributed by atoms with Gasteiger partial charge in [-0.05, 0) is 53.5 Å². The lowest BCUT2D eigenvalue weighted by Gasteiger charge is -2.18. The van der Waals surface area contributed by atoms with E-state index in [1.807, 2.05) is 73.7 Å². The van der Waals surface area contributed by atoms with Crippen molar-refractivity contribution < 1.29 is 13.2 Å². The Hall–Kier alpha value is -4.60. The molecule has 0 aliphatic rings. The van der Waals surface area contributed by atoms with Crippen LogP contribution in [0.1, 0.15) is 22.7 Å². The number of thiazole rings is 1. The minimum absolute atomic E-state index is 0.0359. The van der Waals surface area contributed by atoms with Crippen molar-refractivity contribution in [3.05, 3.63) is 140 Å². The number of pyridine rings is 1. The minimum atomic E-state index is -4.16. The zero-order valence-electron chi connectivity index (χ0n) is 22.2. The molecule has 1 amide bonds. The summed E-state index contributed by atoms with van der Waals surface area (Å²) < 4.78 is 30.3. The quantitative estimate of drug-likeness (QED) is 0.301. The highest BCUT2D eigenvalue weighted by atomic mass is 32.2. The van der Waals surface area contributed by atoms with Gasteiger partial charge in [-0.3, -0.25) is 19.1 Å². The van der Waals surface area contributed by atoms with Crippen molar-refractivity contribution in [3.8, 4) is 11.1 Å². The molecule has 0 unspecified atom stereocenters. The first-order valence-corrected chi connectivity index (χ1v) is 15.1. The molecule has 1 N–H and O–H groups in total. The lowest BCUT2D eigenvalue weighted by Crippen LogP contribution is -2.44. The Morgan fingerprint density at radius 3 is 2.34 bits per heavy atom. The first kappa shape index (κ1) is 27.9. The SMILES string of the molecule is C=c1s/c(=C\c2ccc(-c3cccnc3)cc2)c(=O)n1[C@@H](Cc1ccccc1)C(=O)NS(=O)(=O)c1ccc(C)cc1. The van der Waals surface area contributed by atoms with Gasteiger partial charge in [0.15, 0.2) is 0 Å². The van der Waals surface area contributed by atoms with Crippen molar-refractivity contribution in [2.75, 3.05) is 0 Å². The van der Waals surface area contributed by atoms with Crippen LogP contribution in [0.25, 0.3) is 23.8 Å². The number of benzene rings is 3. The number of hydrogen-bond donors (Lipinski definition) is 1. The highest BCUT2D eigenvalue weighted by molar-refractivity contribution is 7.90. The minimum Gasteiger partial charge on any atom is -0.286 e. The number of rotatable bonds is 8. The second-order valence-corrected chi connectivity index (χ2v) is 12.3. The normalized spacial score (nSPS) is 12.7. The molecule has 7 nitrogen and oxygen atoms in total. The summed E-state index contributed by atoms with van der Waals surface area (Å²) in [7, 11) is -4.16. The van der Waals surface area contributed by atoms with Crippen LogP contribution in [0.2, 0.25) is 0 Å². The fraction of sp³-hybridized carbons (Fsp3) is 0.0938. The molecule has 41 heavy (non-hydrogen) atoms. The van der Waals surface area contributed by atoms with Crippen LogP contribution in [-0.2, 0) is 21.2 Å². The third kappa shape index (κ3) is 6.42. The van der Waals surface area contributed by atoms with E-state index in [1.165, 1.54) is 16.7 Å². The number of amides is 1. The molecule has 0 aliphatic carbocycles. The van der Waals surface area contributed by atoms with Gasteiger partial charge in [-0.1, -0.05) is 84.9 Å². The van der Waals surface area contributed by atoms with Gasteiger partial charge >= 0.3 is 0 Å². The summed E-state index contributed by atoms with van der Waals surface area (Å²) in [6, 6.07) is 25.7. The van der Waals surface area contributed by atoms with Gasteiger partial charge in [0.1, 0.15) is 6.04 Å². The summed E-state index contributed by atoms with van der Waals surface area (Å²) in [5, 5.41) is 0. The predicted molar refractivity (Wildman–Crippen MR) is 162 cm³/mol. The smallest absolute Gasteiger partial charge is 0.269 e. The van der Waals surface area contributed by atoms with Crippen LogP contribution < -0.4 is 19.5 Å². The molecule has 0 saturated heterocycles. The molecular formula is C32H27N3O4S2. The van der Waals surface area contributed by atoms with Crippen molar-refractivity contribution in [1.29, 1.82) is 0 Å². The van der Waals surface area contributed by atoms with Gasteiger partial charge in [-0.2, -0.15) is 0 Å². The van der Waals surface area contributed by atoms with E-state index in [0.717, 1.165) is 39.2 Å². The van der Waals surface area contributed by atoms with Gasteiger partial charge in [-0.15, -0.1) is 11.3 Å². The lowest BCUT2D eigenvalue weighted by molar-refractivity contribution is -0.122. The van der Waals surface area contributed by atoms with Crippen molar-refractivity contribution in [2.24, 2.45) is 0 Å². The average Bonchev–Trinajstić information content (AvgIpc) is 3.25. The number of nitrogens with one attached hydrogen (secondary N) is 1. The van der Waals surface area contributed by atoms with E-state index >= 15 is 0 Å². The van der Waals surface area contributed by atoms with Crippen molar-refractivity contribution in [3.63, 3.8) is 0 Å². The van der Waals surface area contributed by atoms with E-state index in [0.29, 0.717) is 9.20 Å². The van der Waals surface area contributed by atoms with E-state index in [9.17, 15) is 18.0 Å². The van der Waals surface area contributed by atoms with E-state index in [4.69, 9.17) is 0 Å². The molecule has 0 fully saturated rings. The van der Waals surface area contributed by atoms with Crippen LogP contribution in [0.5, 0.6) is 0 Å². The fourth-order valence-corrected chi connectivity index (χ4v) is 6.39. The largest absolute Gasteiger partial charge is 0.286 e. The highest BCUT2D eigenvalue weighted by Gasteiger charge is 2.28. The fourth-order valence-electron chi connectivity index (χ4n) is 4.43. The lowest BCUT2D eigenvalue weighted by atomic mass is 10.1. The number of sulfonamides is 1. The Bertz CT molecular complexity index is 1950. The molecular weight excluding hydrogens is 555 g/mol. The van der Waals surface area contributed by atoms with Crippen LogP contribution in [0.4, 0.5) is 0 Å². The Kier molecular flexibility index (Phi) is 8.09. The number of aryl methyl sites for hydroxylation is 1. The summed E-state index contributed by atoms with van der Waals surface area (Å²) in [5.74, 6) is -0.813. The molecule has 2 aromatic heterocycles. The van der Waals surface area contributed by atoms with Crippen molar-refractivity contribution in [2.45, 2.75) is 24.3 Å². The van der Waals surface area contributed by atoms with Crippen LogP contribution >= 0.6 is 11.3 Å². The predicted octanol–water partition coefficient (Wildman–Crippen LogP) is 3.81. The topological polar surface area (TPSA) is 98.1 Å². The summed E-state index contributed by atoms with van der Waals surface area (Å²) in [6.45, 7) is 5.87. The van der Waals surface area contributed by atoms with Gasteiger partial charge in [0.25, 0.3) is 21.5 Å². The second-order valence-electron chi connectivity index (χ2n) is 9.53. The van der Waals surface area contributed by atoms with Gasteiger partial charge in [-0.25, -0.2) is 13.1 Å². The van der Waals surface area contributed by atoms with Gasteiger partial charge in [0, 0.05) is 18.8 Å². The molecule has 0 aliphatic heterocycles. The highest BCUT2D eigenvalue weighted by Crippen LogP contribution is 2.19. The van der Waals surface area contributed by atoms with E-state index in [1.54, 1.807) is 30.6 Å². The zero-order chi connectivity index (χ0) is 29.0. The van der Waals surface area contributed by atoms with E-state index in [2.05, 4.69) is 16.3 Å². The van der Waals surface area contributed by atoms with E-state index < -0.39 is 27.5 Å². The molecule has 0 saturated carbocycles. The maximum Gasteiger partial charge on any atom is 0.269 e. The van der Waals surface area contributed by atoms with Crippen molar-refractivity contribution >= 4 is 39.9 Å². The first-order valence-electron chi connectivity index (χ1n) is 12.8. The van der Waals surface area contributed by atoms with Crippen LogP contribution in [0.15, 0.2) is 113 Å². The second kappa shape index (κ2) is 11.9. The monoisotopic (exact) mass is 581 g/mol. The Morgan fingerprint density at radius 1 is 0.976 bits per heavy atom. The Labute approximate surface area is 241 Å². The van der Waals surface area contributed by atoms with Gasteiger partial charge in [0.2, 0.25) is 0 Å². The molecule has 0 radical (unpaired) electrons. The molecule has 0 spiro atoms. The first-order chi connectivity index (χ1) is 19.7. The Morgan fingerprint density at radius 2 is 1.68 bits per heavy atom. The molecule has 5 rings (SSSR count). The maximum atomic E-state index is 13.7. The maximum absolute atomic E-state index is 13.7. The Balaban J connectivity index is 1.51. The molecule has 5 aromatic rings. The van der Waals surface area contributed by atoms with E-state index in [-0.39, 0.29) is 11.3 Å². The number of nitrogens with zero attached hydrogens (tertiary/aromatic N) is 2. The third-order valence-electron chi connectivity index (χ3n) is 6.58. The van der Waals surface area contributed by atoms with Gasteiger partial charge < -0.3 is 0 Å². The summed E-state index contributed by atoms with van der Waals surface area (Å²) in [6.07, 6.45) is 5.34. The van der Waals surface area contributed by atoms with Crippen LogP contribution in [0, 0.1) is 6.92 Å². The third-order valence-corrected chi connectivity index (χ3v) is 8.89. The number of hydrogen-bond acceptors (Lipinski definition) is 6. The molecule has 0 bridgehead atoms. The summed E-state index contributed by atoms with van der Waals surface area (Å²) in [5.41, 5.74) is 4.02. The average molecular weight is 582 g/mol. The zero-order valence-corrected chi connectivity index (χ0v) is 23.9.